The maximum Gasteiger partial charge on any atom is 0.340 e. The highest BCUT2D eigenvalue weighted by Crippen LogP contribution is 2.19. The minimum Gasteiger partial charge on any atom is -0.457 e. The molecule has 0 radical (unpaired) electrons. The number of anilines is 2. The van der Waals surface area contributed by atoms with Crippen LogP contribution in [-0.4, -0.2) is 11.9 Å². The SMILES string of the molecule is Nc1cc(Cl)ccc1C(=O)OCc1ccc(C(=O)Nc2ccccc2)cc1. The summed E-state index contributed by atoms with van der Waals surface area (Å²) in [6, 6.07) is 20.6. The van der Waals surface area contributed by atoms with E-state index in [1.165, 1.54) is 12.1 Å². The Labute approximate surface area is 161 Å². The van der Waals surface area contributed by atoms with E-state index in [-0.39, 0.29) is 23.8 Å². The van der Waals surface area contributed by atoms with E-state index in [2.05, 4.69) is 5.32 Å². The van der Waals surface area contributed by atoms with Crippen LogP contribution in [0.5, 0.6) is 0 Å². The lowest BCUT2D eigenvalue weighted by Crippen LogP contribution is -2.12. The molecule has 0 atom stereocenters. The van der Waals surface area contributed by atoms with Crippen LogP contribution in [0.1, 0.15) is 26.3 Å². The molecule has 0 saturated heterocycles. The van der Waals surface area contributed by atoms with Crippen molar-refractivity contribution in [3.05, 3.63) is 94.5 Å². The van der Waals surface area contributed by atoms with Gasteiger partial charge in [0.1, 0.15) is 6.61 Å². The number of carbonyl (C=O) groups excluding carboxylic acids is 2. The summed E-state index contributed by atoms with van der Waals surface area (Å²) in [5, 5.41) is 3.26. The number of nitrogen functional groups attached to an aromatic ring is 1. The zero-order valence-electron chi connectivity index (χ0n) is 14.3. The number of nitrogens with one attached hydrogen (secondary N) is 1. The van der Waals surface area contributed by atoms with E-state index in [0.29, 0.717) is 10.6 Å². The summed E-state index contributed by atoms with van der Waals surface area (Å²) in [6.07, 6.45) is 0. The van der Waals surface area contributed by atoms with Crippen molar-refractivity contribution in [2.45, 2.75) is 6.61 Å². The number of ether oxygens (including phenoxy) is 1. The van der Waals surface area contributed by atoms with Gasteiger partial charge in [0.05, 0.1) is 5.56 Å². The minimum atomic E-state index is -0.532. The Bertz CT molecular complexity index is 957. The van der Waals surface area contributed by atoms with Gasteiger partial charge in [0, 0.05) is 22.0 Å². The summed E-state index contributed by atoms with van der Waals surface area (Å²) in [5.74, 6) is -0.742. The second-order valence-electron chi connectivity index (χ2n) is 5.82. The third kappa shape index (κ3) is 4.86. The van der Waals surface area contributed by atoms with Gasteiger partial charge in [-0.15, -0.1) is 0 Å². The van der Waals surface area contributed by atoms with Crippen LogP contribution >= 0.6 is 11.6 Å². The van der Waals surface area contributed by atoms with Gasteiger partial charge in [-0.25, -0.2) is 4.79 Å². The predicted molar refractivity (Wildman–Crippen MR) is 106 cm³/mol. The fraction of sp³-hybridized carbons (Fsp3) is 0.0476. The van der Waals surface area contributed by atoms with Gasteiger partial charge >= 0.3 is 5.97 Å². The first-order valence-electron chi connectivity index (χ1n) is 8.20. The van der Waals surface area contributed by atoms with E-state index in [4.69, 9.17) is 22.1 Å². The predicted octanol–water partition coefficient (Wildman–Crippen LogP) is 4.53. The molecule has 136 valence electrons. The molecule has 0 aliphatic carbocycles. The number of carbonyl (C=O) groups is 2. The highest BCUT2D eigenvalue weighted by molar-refractivity contribution is 6.31. The second-order valence-corrected chi connectivity index (χ2v) is 6.26. The molecule has 0 aromatic heterocycles. The fourth-order valence-electron chi connectivity index (χ4n) is 2.42. The summed E-state index contributed by atoms with van der Waals surface area (Å²) >= 11 is 5.82. The van der Waals surface area contributed by atoms with Crippen molar-refractivity contribution >= 4 is 34.9 Å². The van der Waals surface area contributed by atoms with E-state index in [1.54, 1.807) is 30.3 Å². The molecular weight excluding hydrogens is 364 g/mol. The van der Waals surface area contributed by atoms with Crippen LogP contribution in [0.25, 0.3) is 0 Å². The molecule has 0 unspecified atom stereocenters. The van der Waals surface area contributed by atoms with Crippen molar-refractivity contribution in [3.8, 4) is 0 Å². The first kappa shape index (κ1) is 18.5. The van der Waals surface area contributed by atoms with Crippen LogP contribution < -0.4 is 11.1 Å². The molecule has 3 rings (SSSR count). The monoisotopic (exact) mass is 380 g/mol. The Kier molecular flexibility index (Phi) is 5.74. The molecule has 0 fully saturated rings. The average Bonchev–Trinajstić information content (AvgIpc) is 2.67. The van der Waals surface area contributed by atoms with Crippen LogP contribution in [-0.2, 0) is 11.3 Å². The standard InChI is InChI=1S/C21H17ClN2O3/c22-16-10-11-18(19(23)12-16)21(26)27-13-14-6-8-15(9-7-14)20(25)24-17-4-2-1-3-5-17/h1-12H,13,23H2,(H,24,25). The number of rotatable bonds is 5. The number of hydrogen-bond donors (Lipinski definition) is 2. The number of esters is 1. The van der Waals surface area contributed by atoms with Gasteiger partial charge in [0.25, 0.3) is 5.91 Å². The van der Waals surface area contributed by atoms with Gasteiger partial charge in [-0.05, 0) is 48.0 Å². The van der Waals surface area contributed by atoms with Gasteiger partial charge in [-0.1, -0.05) is 41.9 Å². The van der Waals surface area contributed by atoms with Crippen molar-refractivity contribution in [3.63, 3.8) is 0 Å². The van der Waals surface area contributed by atoms with E-state index < -0.39 is 5.97 Å². The molecule has 0 bridgehead atoms. The van der Waals surface area contributed by atoms with E-state index in [0.717, 1.165) is 11.3 Å². The molecular formula is C21H17ClN2O3. The highest BCUT2D eigenvalue weighted by Gasteiger charge is 2.12. The van der Waals surface area contributed by atoms with Crippen molar-refractivity contribution in [1.82, 2.24) is 0 Å². The Balaban J connectivity index is 1.59. The normalized spacial score (nSPS) is 10.3. The lowest BCUT2D eigenvalue weighted by atomic mass is 10.1. The second kappa shape index (κ2) is 8.38. The summed E-state index contributed by atoms with van der Waals surface area (Å²) in [5.41, 5.74) is 8.29. The molecule has 3 aromatic carbocycles. The molecule has 0 saturated carbocycles. The smallest absolute Gasteiger partial charge is 0.340 e. The van der Waals surface area contributed by atoms with Gasteiger partial charge in [-0.2, -0.15) is 0 Å². The summed E-state index contributed by atoms with van der Waals surface area (Å²) in [6.45, 7) is 0.0709. The van der Waals surface area contributed by atoms with Crippen molar-refractivity contribution in [1.29, 1.82) is 0 Å². The Morgan fingerprint density at radius 3 is 2.33 bits per heavy atom. The molecule has 5 nitrogen and oxygen atoms in total. The molecule has 27 heavy (non-hydrogen) atoms. The van der Waals surface area contributed by atoms with E-state index >= 15 is 0 Å². The lowest BCUT2D eigenvalue weighted by Gasteiger charge is -2.08. The topological polar surface area (TPSA) is 81.4 Å². The largest absolute Gasteiger partial charge is 0.457 e. The Morgan fingerprint density at radius 2 is 1.67 bits per heavy atom. The summed E-state index contributed by atoms with van der Waals surface area (Å²) in [4.78, 5) is 24.3. The maximum absolute atomic E-state index is 12.2. The van der Waals surface area contributed by atoms with E-state index in [1.807, 2.05) is 30.3 Å². The number of para-hydroxylation sites is 1. The quantitative estimate of drug-likeness (QED) is 0.503. The third-order valence-electron chi connectivity index (χ3n) is 3.85. The Morgan fingerprint density at radius 1 is 0.963 bits per heavy atom. The fourth-order valence-corrected chi connectivity index (χ4v) is 2.60. The molecule has 0 aliphatic rings. The zero-order valence-corrected chi connectivity index (χ0v) is 15.1. The summed E-state index contributed by atoms with van der Waals surface area (Å²) in [7, 11) is 0. The average molecular weight is 381 g/mol. The molecule has 0 heterocycles. The number of benzene rings is 3. The molecule has 0 aliphatic heterocycles. The number of hydrogen-bond acceptors (Lipinski definition) is 4. The van der Waals surface area contributed by atoms with Crippen LogP contribution in [0, 0.1) is 0 Å². The van der Waals surface area contributed by atoms with Crippen molar-refractivity contribution in [2.24, 2.45) is 0 Å². The zero-order chi connectivity index (χ0) is 19.2. The van der Waals surface area contributed by atoms with E-state index in [9.17, 15) is 9.59 Å². The van der Waals surface area contributed by atoms with Crippen LogP contribution in [0.2, 0.25) is 5.02 Å². The van der Waals surface area contributed by atoms with Crippen LogP contribution in [0.3, 0.4) is 0 Å². The van der Waals surface area contributed by atoms with Crippen molar-refractivity contribution < 1.29 is 14.3 Å². The molecule has 6 heteroatoms. The van der Waals surface area contributed by atoms with Gasteiger partial charge in [0.2, 0.25) is 0 Å². The first-order valence-corrected chi connectivity index (χ1v) is 8.58. The van der Waals surface area contributed by atoms with Gasteiger partial charge in [-0.3, -0.25) is 4.79 Å². The van der Waals surface area contributed by atoms with Gasteiger partial charge in [0.15, 0.2) is 0 Å². The summed E-state index contributed by atoms with van der Waals surface area (Å²) < 4.78 is 5.27. The van der Waals surface area contributed by atoms with Crippen LogP contribution in [0.15, 0.2) is 72.8 Å². The maximum atomic E-state index is 12.2. The van der Waals surface area contributed by atoms with Gasteiger partial charge < -0.3 is 15.8 Å². The number of nitrogens with two attached hydrogens (primary N) is 1. The molecule has 3 aromatic rings. The third-order valence-corrected chi connectivity index (χ3v) is 4.09. The molecule has 0 spiro atoms. The first-order chi connectivity index (χ1) is 13.0. The highest BCUT2D eigenvalue weighted by atomic mass is 35.5. The molecule has 3 N–H and O–H groups in total. The minimum absolute atomic E-state index is 0.0709. The van der Waals surface area contributed by atoms with Crippen LogP contribution in [0.4, 0.5) is 11.4 Å². The number of halogens is 1. The van der Waals surface area contributed by atoms with Crippen molar-refractivity contribution in [2.75, 3.05) is 11.1 Å². The lowest BCUT2D eigenvalue weighted by molar-refractivity contribution is 0.0474. The molecule has 1 amide bonds. The Hall–Kier alpha value is -3.31. The number of amides is 1.